The lowest BCUT2D eigenvalue weighted by atomic mass is 10.1. The SMILES string of the molecule is COc1ccc(C(=N)N)cc1CN(C)Cc1cnn(C)c1. The van der Waals surface area contributed by atoms with Gasteiger partial charge in [0.2, 0.25) is 0 Å². The minimum Gasteiger partial charge on any atom is -0.496 e. The van der Waals surface area contributed by atoms with Crippen LogP contribution in [0.25, 0.3) is 0 Å². The zero-order chi connectivity index (χ0) is 15.4. The highest BCUT2D eigenvalue weighted by Gasteiger charge is 2.10. The topological polar surface area (TPSA) is 80.2 Å². The van der Waals surface area contributed by atoms with Gasteiger partial charge in [0, 0.05) is 43.0 Å². The summed E-state index contributed by atoms with van der Waals surface area (Å²) in [6, 6.07) is 5.55. The zero-order valence-corrected chi connectivity index (χ0v) is 12.6. The van der Waals surface area contributed by atoms with Crippen LogP contribution in [0, 0.1) is 5.41 Å². The van der Waals surface area contributed by atoms with E-state index in [1.54, 1.807) is 17.9 Å². The average Bonchev–Trinajstić information content (AvgIpc) is 2.83. The number of nitrogens with zero attached hydrogens (tertiary/aromatic N) is 3. The Morgan fingerprint density at radius 2 is 2.19 bits per heavy atom. The predicted octanol–water partition coefficient (Wildman–Crippen LogP) is 1.34. The molecule has 1 heterocycles. The summed E-state index contributed by atoms with van der Waals surface area (Å²) in [5.41, 5.74) is 8.42. The normalized spacial score (nSPS) is 10.9. The number of nitrogens with two attached hydrogens (primary N) is 1. The van der Waals surface area contributed by atoms with Gasteiger partial charge in [-0.3, -0.25) is 15.0 Å². The Morgan fingerprint density at radius 1 is 1.43 bits per heavy atom. The minimum absolute atomic E-state index is 0.0637. The molecule has 6 nitrogen and oxygen atoms in total. The van der Waals surface area contributed by atoms with Gasteiger partial charge < -0.3 is 10.5 Å². The predicted molar refractivity (Wildman–Crippen MR) is 82.4 cm³/mol. The van der Waals surface area contributed by atoms with E-state index in [9.17, 15) is 0 Å². The molecule has 0 aliphatic heterocycles. The monoisotopic (exact) mass is 287 g/mol. The van der Waals surface area contributed by atoms with Crippen molar-refractivity contribution in [2.24, 2.45) is 12.8 Å². The summed E-state index contributed by atoms with van der Waals surface area (Å²) in [6.07, 6.45) is 3.86. The van der Waals surface area contributed by atoms with Gasteiger partial charge in [0.1, 0.15) is 11.6 Å². The maximum atomic E-state index is 7.54. The minimum atomic E-state index is 0.0637. The van der Waals surface area contributed by atoms with Gasteiger partial charge in [0.05, 0.1) is 13.3 Å². The van der Waals surface area contributed by atoms with Crippen molar-refractivity contribution < 1.29 is 4.74 Å². The van der Waals surface area contributed by atoms with Crippen LogP contribution in [0.1, 0.15) is 16.7 Å². The number of benzene rings is 1. The van der Waals surface area contributed by atoms with E-state index in [0.29, 0.717) is 12.1 Å². The second-order valence-electron chi connectivity index (χ2n) is 5.13. The maximum absolute atomic E-state index is 7.54. The molecule has 0 atom stereocenters. The van der Waals surface area contributed by atoms with Crippen molar-refractivity contribution in [1.82, 2.24) is 14.7 Å². The van der Waals surface area contributed by atoms with Gasteiger partial charge in [-0.15, -0.1) is 0 Å². The Labute approximate surface area is 124 Å². The van der Waals surface area contributed by atoms with Crippen molar-refractivity contribution in [2.45, 2.75) is 13.1 Å². The van der Waals surface area contributed by atoms with E-state index in [-0.39, 0.29) is 5.84 Å². The van der Waals surface area contributed by atoms with Crippen LogP contribution in [0.2, 0.25) is 0 Å². The first-order chi connectivity index (χ1) is 9.99. The highest BCUT2D eigenvalue weighted by atomic mass is 16.5. The Kier molecular flexibility index (Phi) is 4.59. The fraction of sp³-hybridized carbons (Fsp3) is 0.333. The fourth-order valence-electron chi connectivity index (χ4n) is 2.28. The lowest BCUT2D eigenvalue weighted by molar-refractivity contribution is 0.310. The molecule has 0 saturated carbocycles. The summed E-state index contributed by atoms with van der Waals surface area (Å²) in [6.45, 7) is 1.50. The van der Waals surface area contributed by atoms with Crippen LogP contribution in [-0.2, 0) is 20.1 Å². The molecule has 0 unspecified atom stereocenters. The summed E-state index contributed by atoms with van der Waals surface area (Å²) in [4.78, 5) is 2.17. The summed E-state index contributed by atoms with van der Waals surface area (Å²) in [5, 5.41) is 11.7. The number of rotatable bonds is 6. The van der Waals surface area contributed by atoms with Crippen LogP contribution < -0.4 is 10.5 Å². The van der Waals surface area contributed by atoms with Crippen molar-refractivity contribution in [1.29, 1.82) is 5.41 Å². The molecular formula is C15H21N5O. The second-order valence-corrected chi connectivity index (χ2v) is 5.13. The van der Waals surface area contributed by atoms with Gasteiger partial charge in [-0.05, 0) is 25.2 Å². The molecule has 0 spiro atoms. The van der Waals surface area contributed by atoms with Crippen molar-refractivity contribution >= 4 is 5.84 Å². The molecule has 2 rings (SSSR count). The smallest absolute Gasteiger partial charge is 0.123 e. The number of aryl methyl sites for hydroxylation is 1. The number of hydrogen-bond donors (Lipinski definition) is 2. The number of ether oxygens (including phenoxy) is 1. The molecule has 21 heavy (non-hydrogen) atoms. The van der Waals surface area contributed by atoms with Crippen molar-refractivity contribution in [2.75, 3.05) is 14.2 Å². The quantitative estimate of drug-likeness (QED) is 0.621. The Hall–Kier alpha value is -2.34. The number of nitrogens with one attached hydrogen (secondary N) is 1. The molecule has 0 aliphatic rings. The molecule has 3 N–H and O–H groups in total. The second kappa shape index (κ2) is 6.41. The highest BCUT2D eigenvalue weighted by Crippen LogP contribution is 2.21. The third-order valence-corrected chi connectivity index (χ3v) is 3.24. The molecule has 0 bridgehead atoms. The van der Waals surface area contributed by atoms with E-state index in [1.807, 2.05) is 38.6 Å². The molecule has 0 aliphatic carbocycles. The molecule has 0 radical (unpaired) electrons. The van der Waals surface area contributed by atoms with Crippen LogP contribution in [0.15, 0.2) is 30.6 Å². The number of nitrogen functional groups attached to an aromatic ring is 1. The number of hydrogen-bond acceptors (Lipinski definition) is 4. The first-order valence-electron chi connectivity index (χ1n) is 6.67. The lowest BCUT2D eigenvalue weighted by Crippen LogP contribution is -2.18. The summed E-state index contributed by atoms with van der Waals surface area (Å²) in [7, 11) is 5.59. The Balaban J connectivity index is 2.13. The Bertz CT molecular complexity index is 635. The first kappa shape index (κ1) is 15.1. The molecule has 6 heteroatoms. The van der Waals surface area contributed by atoms with Crippen molar-refractivity contribution in [3.63, 3.8) is 0 Å². The first-order valence-corrected chi connectivity index (χ1v) is 6.67. The maximum Gasteiger partial charge on any atom is 0.123 e. The summed E-state index contributed by atoms with van der Waals surface area (Å²) in [5.74, 6) is 0.867. The molecule has 2 aromatic rings. The molecule has 0 amide bonds. The van der Waals surface area contributed by atoms with Gasteiger partial charge >= 0.3 is 0 Å². The zero-order valence-electron chi connectivity index (χ0n) is 12.6. The molecule has 0 fully saturated rings. The molecule has 112 valence electrons. The van der Waals surface area contributed by atoms with E-state index in [2.05, 4.69) is 10.00 Å². The number of amidine groups is 1. The van der Waals surface area contributed by atoms with Crippen molar-refractivity contribution in [3.05, 3.63) is 47.3 Å². The van der Waals surface area contributed by atoms with Gasteiger partial charge in [0.15, 0.2) is 0 Å². The summed E-state index contributed by atoms with van der Waals surface area (Å²) < 4.78 is 7.17. The van der Waals surface area contributed by atoms with E-state index >= 15 is 0 Å². The van der Waals surface area contributed by atoms with Gasteiger partial charge in [-0.2, -0.15) is 5.10 Å². The van der Waals surface area contributed by atoms with E-state index in [4.69, 9.17) is 15.9 Å². The van der Waals surface area contributed by atoms with Crippen LogP contribution in [0.5, 0.6) is 5.75 Å². The fourth-order valence-corrected chi connectivity index (χ4v) is 2.28. The highest BCUT2D eigenvalue weighted by molar-refractivity contribution is 5.95. The molecule has 0 saturated heterocycles. The van der Waals surface area contributed by atoms with Gasteiger partial charge in [-0.1, -0.05) is 0 Å². The summed E-state index contributed by atoms with van der Waals surface area (Å²) >= 11 is 0. The largest absolute Gasteiger partial charge is 0.496 e. The van der Waals surface area contributed by atoms with Crippen LogP contribution in [0.3, 0.4) is 0 Å². The lowest BCUT2D eigenvalue weighted by Gasteiger charge is -2.18. The standard InChI is InChI=1S/C15H21N5O/c1-19(8-11-7-18-20(2)9-11)10-13-6-12(15(16)17)4-5-14(13)21-3/h4-7,9H,8,10H2,1-3H3,(H3,16,17). The van der Waals surface area contributed by atoms with Gasteiger partial charge in [-0.25, -0.2) is 0 Å². The third kappa shape index (κ3) is 3.82. The third-order valence-electron chi connectivity index (χ3n) is 3.24. The van der Waals surface area contributed by atoms with Crippen LogP contribution >= 0.6 is 0 Å². The Morgan fingerprint density at radius 3 is 2.76 bits per heavy atom. The van der Waals surface area contributed by atoms with Crippen LogP contribution in [0.4, 0.5) is 0 Å². The molecular weight excluding hydrogens is 266 g/mol. The van der Waals surface area contributed by atoms with Crippen LogP contribution in [-0.4, -0.2) is 34.7 Å². The van der Waals surface area contributed by atoms with Crippen molar-refractivity contribution in [3.8, 4) is 5.75 Å². The van der Waals surface area contributed by atoms with E-state index < -0.39 is 0 Å². The number of methoxy groups -OCH3 is 1. The van der Waals surface area contributed by atoms with E-state index in [1.165, 1.54) is 0 Å². The van der Waals surface area contributed by atoms with E-state index in [0.717, 1.165) is 23.4 Å². The molecule has 1 aromatic carbocycles. The van der Waals surface area contributed by atoms with Gasteiger partial charge in [0.25, 0.3) is 0 Å². The molecule has 1 aromatic heterocycles. The number of aromatic nitrogens is 2. The average molecular weight is 287 g/mol.